The molecule has 1 aliphatic carbocycles. The van der Waals surface area contributed by atoms with Crippen molar-refractivity contribution < 1.29 is 9.84 Å². The van der Waals surface area contributed by atoms with Crippen LogP contribution in [0.2, 0.25) is 0 Å². The van der Waals surface area contributed by atoms with Crippen LogP contribution in [0.1, 0.15) is 51.0 Å². The summed E-state index contributed by atoms with van der Waals surface area (Å²) in [6.45, 7) is 4.01. The second kappa shape index (κ2) is 7.65. The van der Waals surface area contributed by atoms with Gasteiger partial charge in [0, 0.05) is 12.1 Å². The molecule has 0 aromatic heterocycles. The molecule has 3 nitrogen and oxygen atoms in total. The van der Waals surface area contributed by atoms with Crippen molar-refractivity contribution >= 4 is 0 Å². The number of aliphatic hydroxyl groups excluding tert-OH is 1. The maximum Gasteiger partial charge on any atom is 0.119 e. The molecule has 2 rings (SSSR count). The third-order valence-electron chi connectivity index (χ3n) is 4.22. The summed E-state index contributed by atoms with van der Waals surface area (Å²) in [5.74, 6) is 0.944. The lowest BCUT2D eigenvalue weighted by atomic mass is 9.98. The first-order valence-corrected chi connectivity index (χ1v) is 7.86. The lowest BCUT2D eigenvalue weighted by molar-refractivity contribution is 0.163. The SMILES string of the molecule is CCCCOc1ccc(CNC2(CO)CCCC2)cc1. The van der Waals surface area contributed by atoms with Crippen molar-refractivity contribution in [1.29, 1.82) is 0 Å². The molecule has 0 amide bonds. The maximum absolute atomic E-state index is 9.58. The van der Waals surface area contributed by atoms with E-state index in [9.17, 15) is 5.11 Å². The average molecular weight is 277 g/mol. The van der Waals surface area contributed by atoms with Crippen LogP contribution in [-0.2, 0) is 6.54 Å². The number of aliphatic hydroxyl groups is 1. The van der Waals surface area contributed by atoms with E-state index in [1.54, 1.807) is 0 Å². The van der Waals surface area contributed by atoms with E-state index in [1.807, 2.05) is 12.1 Å². The van der Waals surface area contributed by atoms with Crippen LogP contribution >= 0.6 is 0 Å². The molecule has 20 heavy (non-hydrogen) atoms. The third-order valence-corrected chi connectivity index (χ3v) is 4.22. The molecule has 0 saturated heterocycles. The van der Waals surface area contributed by atoms with Gasteiger partial charge in [-0.05, 0) is 37.0 Å². The standard InChI is InChI=1S/C17H27NO2/c1-2-3-12-20-16-8-6-15(7-9-16)13-18-17(14-19)10-4-5-11-17/h6-9,18-19H,2-5,10-14H2,1H3. The smallest absolute Gasteiger partial charge is 0.119 e. The van der Waals surface area contributed by atoms with E-state index < -0.39 is 0 Å². The molecule has 3 heteroatoms. The Balaban J connectivity index is 1.81. The van der Waals surface area contributed by atoms with E-state index in [2.05, 4.69) is 24.4 Å². The van der Waals surface area contributed by atoms with Crippen molar-refractivity contribution in [2.45, 2.75) is 57.5 Å². The molecule has 0 aliphatic heterocycles. The fourth-order valence-corrected chi connectivity index (χ4v) is 2.77. The Hall–Kier alpha value is -1.06. The number of benzene rings is 1. The van der Waals surface area contributed by atoms with Gasteiger partial charge in [-0.2, -0.15) is 0 Å². The molecule has 1 aliphatic rings. The molecule has 2 N–H and O–H groups in total. The summed E-state index contributed by atoms with van der Waals surface area (Å²) >= 11 is 0. The predicted octanol–water partition coefficient (Wildman–Crippen LogP) is 3.26. The van der Waals surface area contributed by atoms with E-state index in [1.165, 1.54) is 18.4 Å². The number of ether oxygens (including phenoxy) is 1. The quantitative estimate of drug-likeness (QED) is 0.717. The van der Waals surface area contributed by atoms with Gasteiger partial charge < -0.3 is 15.2 Å². The summed E-state index contributed by atoms with van der Waals surface area (Å²) in [6, 6.07) is 8.28. The summed E-state index contributed by atoms with van der Waals surface area (Å²) in [4.78, 5) is 0. The summed E-state index contributed by atoms with van der Waals surface area (Å²) in [6.07, 6.45) is 6.87. The number of rotatable bonds is 8. The molecule has 0 bridgehead atoms. The maximum atomic E-state index is 9.58. The fraction of sp³-hybridized carbons (Fsp3) is 0.647. The Bertz CT molecular complexity index is 382. The van der Waals surface area contributed by atoms with E-state index in [0.717, 1.165) is 44.6 Å². The predicted molar refractivity (Wildman–Crippen MR) is 82.0 cm³/mol. The van der Waals surface area contributed by atoms with Gasteiger partial charge in [-0.3, -0.25) is 0 Å². The second-order valence-electron chi connectivity index (χ2n) is 5.85. The van der Waals surface area contributed by atoms with Crippen LogP contribution in [0.5, 0.6) is 5.75 Å². The Kier molecular flexibility index (Phi) is 5.86. The molecule has 1 aromatic rings. The van der Waals surface area contributed by atoms with Gasteiger partial charge in [0.2, 0.25) is 0 Å². The highest BCUT2D eigenvalue weighted by atomic mass is 16.5. The van der Waals surface area contributed by atoms with Crippen LogP contribution in [0.4, 0.5) is 0 Å². The molecule has 1 saturated carbocycles. The zero-order valence-corrected chi connectivity index (χ0v) is 12.5. The van der Waals surface area contributed by atoms with Crippen molar-refractivity contribution in [3.63, 3.8) is 0 Å². The van der Waals surface area contributed by atoms with Crippen LogP contribution in [0.3, 0.4) is 0 Å². The highest BCUT2D eigenvalue weighted by molar-refractivity contribution is 5.27. The Morgan fingerprint density at radius 2 is 1.90 bits per heavy atom. The molecule has 112 valence electrons. The van der Waals surface area contributed by atoms with E-state index in [-0.39, 0.29) is 12.1 Å². The molecule has 0 radical (unpaired) electrons. The number of nitrogens with one attached hydrogen (secondary N) is 1. The van der Waals surface area contributed by atoms with E-state index in [4.69, 9.17) is 4.74 Å². The molecule has 0 unspecified atom stereocenters. The van der Waals surface area contributed by atoms with Gasteiger partial charge >= 0.3 is 0 Å². The van der Waals surface area contributed by atoms with Crippen LogP contribution in [-0.4, -0.2) is 23.9 Å². The second-order valence-corrected chi connectivity index (χ2v) is 5.85. The lowest BCUT2D eigenvalue weighted by Crippen LogP contribution is -2.45. The first-order valence-electron chi connectivity index (χ1n) is 7.86. The van der Waals surface area contributed by atoms with Crippen molar-refractivity contribution in [1.82, 2.24) is 5.32 Å². The van der Waals surface area contributed by atoms with Crippen LogP contribution in [0.15, 0.2) is 24.3 Å². The monoisotopic (exact) mass is 277 g/mol. The van der Waals surface area contributed by atoms with E-state index >= 15 is 0 Å². The van der Waals surface area contributed by atoms with Gasteiger partial charge in [-0.15, -0.1) is 0 Å². The van der Waals surface area contributed by atoms with Gasteiger partial charge in [0.1, 0.15) is 5.75 Å². The van der Waals surface area contributed by atoms with Crippen LogP contribution in [0, 0.1) is 0 Å². The minimum Gasteiger partial charge on any atom is -0.494 e. The largest absolute Gasteiger partial charge is 0.494 e. The Labute approximate surface area is 122 Å². The van der Waals surface area contributed by atoms with Crippen molar-refractivity contribution in [2.75, 3.05) is 13.2 Å². The molecule has 0 heterocycles. The highest BCUT2D eigenvalue weighted by Crippen LogP contribution is 2.29. The lowest BCUT2D eigenvalue weighted by Gasteiger charge is -2.28. The first kappa shape index (κ1) is 15.3. The van der Waals surface area contributed by atoms with Gasteiger partial charge in [-0.1, -0.05) is 38.3 Å². The zero-order chi connectivity index (χ0) is 14.3. The average Bonchev–Trinajstić information content (AvgIpc) is 2.96. The highest BCUT2D eigenvalue weighted by Gasteiger charge is 2.32. The minimum absolute atomic E-state index is 0.0453. The van der Waals surface area contributed by atoms with Gasteiger partial charge in [0.25, 0.3) is 0 Å². The Morgan fingerprint density at radius 1 is 1.20 bits per heavy atom. The minimum atomic E-state index is -0.0453. The van der Waals surface area contributed by atoms with Gasteiger partial charge in [0.05, 0.1) is 13.2 Å². The molecular formula is C17H27NO2. The summed E-state index contributed by atoms with van der Waals surface area (Å²) in [5, 5.41) is 13.1. The third kappa shape index (κ3) is 4.22. The number of hydrogen-bond donors (Lipinski definition) is 2. The summed E-state index contributed by atoms with van der Waals surface area (Å²) in [7, 11) is 0. The van der Waals surface area contributed by atoms with Crippen LogP contribution < -0.4 is 10.1 Å². The Morgan fingerprint density at radius 3 is 2.50 bits per heavy atom. The summed E-state index contributed by atoms with van der Waals surface area (Å²) in [5.41, 5.74) is 1.20. The van der Waals surface area contributed by atoms with Crippen molar-refractivity contribution in [2.24, 2.45) is 0 Å². The molecule has 1 fully saturated rings. The van der Waals surface area contributed by atoms with Gasteiger partial charge in [-0.25, -0.2) is 0 Å². The topological polar surface area (TPSA) is 41.5 Å². The van der Waals surface area contributed by atoms with Gasteiger partial charge in [0.15, 0.2) is 0 Å². The van der Waals surface area contributed by atoms with Crippen LogP contribution in [0.25, 0.3) is 0 Å². The summed E-state index contributed by atoms with van der Waals surface area (Å²) < 4.78 is 5.66. The molecule has 1 aromatic carbocycles. The molecule has 0 atom stereocenters. The molecule has 0 spiro atoms. The number of unbranched alkanes of at least 4 members (excludes halogenated alkanes) is 1. The normalized spacial score (nSPS) is 17.3. The first-order chi connectivity index (χ1) is 9.78. The van der Waals surface area contributed by atoms with Crippen molar-refractivity contribution in [3.8, 4) is 5.75 Å². The number of hydrogen-bond acceptors (Lipinski definition) is 3. The van der Waals surface area contributed by atoms with E-state index in [0.29, 0.717) is 0 Å². The zero-order valence-electron chi connectivity index (χ0n) is 12.5. The van der Waals surface area contributed by atoms with Crippen molar-refractivity contribution in [3.05, 3.63) is 29.8 Å². The fourth-order valence-electron chi connectivity index (χ4n) is 2.77. The molecular weight excluding hydrogens is 250 g/mol.